The first-order chi connectivity index (χ1) is 8.67. The molecule has 0 aliphatic carbocycles. The third-order valence-electron chi connectivity index (χ3n) is 2.60. The summed E-state index contributed by atoms with van der Waals surface area (Å²) in [6, 6.07) is 4.02. The third-order valence-corrected chi connectivity index (χ3v) is 5.01. The van der Waals surface area contributed by atoms with Gasteiger partial charge in [-0.3, -0.25) is 0 Å². The highest BCUT2D eigenvalue weighted by Crippen LogP contribution is 2.30. The second-order valence-corrected chi connectivity index (χ2v) is 6.51. The number of hydrogen-bond donors (Lipinski definition) is 1. The third kappa shape index (κ3) is 3.37. The standard InChI is InChI=1S/C11H11Cl2FN2O2S/c1-3-11(2,6-15)16-19(17,18)8-5-4-7(12)10(14)9(8)13/h4-5,16H,3H2,1-2H3. The van der Waals surface area contributed by atoms with Gasteiger partial charge < -0.3 is 0 Å². The molecule has 1 N–H and O–H groups in total. The predicted octanol–water partition coefficient (Wildman–Crippen LogP) is 3.10. The quantitative estimate of drug-likeness (QED) is 0.865. The monoisotopic (exact) mass is 324 g/mol. The molecular weight excluding hydrogens is 314 g/mol. The molecule has 1 rings (SSSR count). The van der Waals surface area contributed by atoms with Crippen molar-refractivity contribution in [3.05, 3.63) is 28.0 Å². The molecule has 0 saturated carbocycles. The Kier molecular flexibility index (Phi) is 4.80. The average Bonchev–Trinajstić information content (AvgIpc) is 2.35. The lowest BCUT2D eigenvalue weighted by atomic mass is 10.0. The summed E-state index contributed by atoms with van der Waals surface area (Å²) in [5.41, 5.74) is -1.29. The number of sulfonamides is 1. The number of rotatable bonds is 4. The number of nitriles is 1. The van der Waals surface area contributed by atoms with Crippen molar-refractivity contribution in [2.75, 3.05) is 0 Å². The van der Waals surface area contributed by atoms with E-state index in [0.717, 1.165) is 12.1 Å². The van der Waals surface area contributed by atoms with E-state index in [9.17, 15) is 12.8 Å². The van der Waals surface area contributed by atoms with Gasteiger partial charge in [-0.1, -0.05) is 30.1 Å². The Hall–Kier alpha value is -0.870. The molecule has 19 heavy (non-hydrogen) atoms. The molecule has 0 amide bonds. The fourth-order valence-electron chi connectivity index (χ4n) is 1.24. The van der Waals surface area contributed by atoms with E-state index >= 15 is 0 Å². The predicted molar refractivity (Wildman–Crippen MR) is 71.1 cm³/mol. The maximum atomic E-state index is 13.5. The highest BCUT2D eigenvalue weighted by Gasteiger charge is 2.31. The van der Waals surface area contributed by atoms with Gasteiger partial charge >= 0.3 is 0 Å². The molecule has 0 aliphatic rings. The first-order valence-electron chi connectivity index (χ1n) is 5.25. The SMILES string of the molecule is CCC(C)(C#N)NS(=O)(=O)c1ccc(Cl)c(F)c1Cl. The summed E-state index contributed by atoms with van der Waals surface area (Å²) in [6.07, 6.45) is 0.246. The first-order valence-corrected chi connectivity index (χ1v) is 7.49. The molecule has 0 aliphatic heterocycles. The summed E-state index contributed by atoms with van der Waals surface area (Å²) in [7, 11) is -4.12. The molecule has 0 bridgehead atoms. The van der Waals surface area contributed by atoms with Gasteiger partial charge in [-0.15, -0.1) is 0 Å². The number of halogens is 3. The van der Waals surface area contributed by atoms with Gasteiger partial charge in [0.2, 0.25) is 10.0 Å². The van der Waals surface area contributed by atoms with Crippen LogP contribution < -0.4 is 4.72 Å². The van der Waals surface area contributed by atoms with Gasteiger partial charge in [0.05, 0.1) is 16.1 Å². The van der Waals surface area contributed by atoms with Gasteiger partial charge in [0.15, 0.2) is 5.82 Å². The van der Waals surface area contributed by atoms with Gasteiger partial charge in [0.25, 0.3) is 0 Å². The zero-order chi connectivity index (χ0) is 14.8. The van der Waals surface area contributed by atoms with Gasteiger partial charge in [-0.2, -0.15) is 9.98 Å². The minimum atomic E-state index is -4.12. The number of hydrogen-bond acceptors (Lipinski definition) is 3. The van der Waals surface area contributed by atoms with Gasteiger partial charge in [-0.05, 0) is 25.5 Å². The van der Waals surface area contributed by atoms with Crippen LogP contribution >= 0.6 is 23.2 Å². The van der Waals surface area contributed by atoms with E-state index in [4.69, 9.17) is 28.5 Å². The Morgan fingerprint density at radius 3 is 2.53 bits per heavy atom. The summed E-state index contributed by atoms with van der Waals surface area (Å²) >= 11 is 11.1. The van der Waals surface area contributed by atoms with Crippen molar-refractivity contribution in [2.45, 2.75) is 30.7 Å². The van der Waals surface area contributed by atoms with E-state index in [-0.39, 0.29) is 11.4 Å². The van der Waals surface area contributed by atoms with Crippen LogP contribution in [-0.4, -0.2) is 14.0 Å². The Bertz CT molecular complexity index is 643. The molecule has 1 aromatic rings. The average molecular weight is 325 g/mol. The molecular formula is C11H11Cl2FN2O2S. The van der Waals surface area contributed by atoms with E-state index in [0.29, 0.717) is 0 Å². The smallest absolute Gasteiger partial charge is 0.207 e. The van der Waals surface area contributed by atoms with Crippen molar-refractivity contribution >= 4 is 33.2 Å². The van der Waals surface area contributed by atoms with E-state index in [1.807, 2.05) is 6.07 Å². The van der Waals surface area contributed by atoms with Crippen molar-refractivity contribution < 1.29 is 12.8 Å². The van der Waals surface area contributed by atoms with E-state index in [2.05, 4.69) is 4.72 Å². The molecule has 0 spiro atoms. The lowest BCUT2D eigenvalue weighted by molar-refractivity contribution is 0.494. The van der Waals surface area contributed by atoms with Gasteiger partial charge in [0.1, 0.15) is 10.4 Å². The van der Waals surface area contributed by atoms with Crippen LogP contribution in [0, 0.1) is 17.1 Å². The molecule has 1 atom stereocenters. The van der Waals surface area contributed by atoms with Gasteiger partial charge in [-0.25, -0.2) is 12.8 Å². The van der Waals surface area contributed by atoms with Crippen LogP contribution in [0.25, 0.3) is 0 Å². The summed E-state index contributed by atoms with van der Waals surface area (Å²) in [6.45, 7) is 3.07. The Morgan fingerprint density at radius 1 is 1.47 bits per heavy atom. The molecule has 1 aromatic carbocycles. The highest BCUT2D eigenvalue weighted by molar-refractivity contribution is 7.89. The maximum absolute atomic E-state index is 13.5. The first kappa shape index (κ1) is 16.2. The number of nitrogens with zero attached hydrogens (tertiary/aromatic N) is 1. The van der Waals surface area contributed by atoms with Crippen LogP contribution in [0.1, 0.15) is 20.3 Å². The molecule has 1 unspecified atom stereocenters. The molecule has 0 saturated heterocycles. The largest absolute Gasteiger partial charge is 0.243 e. The van der Waals surface area contributed by atoms with Crippen LogP contribution in [0.2, 0.25) is 10.0 Å². The second-order valence-electron chi connectivity index (χ2n) is 4.08. The van der Waals surface area contributed by atoms with E-state index < -0.39 is 31.3 Å². The minimum absolute atomic E-state index is 0.246. The van der Waals surface area contributed by atoms with Crippen molar-refractivity contribution in [1.29, 1.82) is 5.26 Å². The summed E-state index contributed by atoms with van der Waals surface area (Å²) in [4.78, 5) is -0.453. The summed E-state index contributed by atoms with van der Waals surface area (Å²) in [5, 5.41) is 8.08. The molecule has 0 fully saturated rings. The molecule has 4 nitrogen and oxygen atoms in total. The Balaban J connectivity index is 3.31. The van der Waals surface area contributed by atoms with Crippen LogP contribution in [0.4, 0.5) is 4.39 Å². The summed E-state index contributed by atoms with van der Waals surface area (Å²) in [5.74, 6) is -1.01. The lowest BCUT2D eigenvalue weighted by Crippen LogP contribution is -2.44. The highest BCUT2D eigenvalue weighted by atomic mass is 35.5. The molecule has 0 heterocycles. The van der Waals surface area contributed by atoms with E-state index in [1.54, 1.807) is 6.92 Å². The zero-order valence-corrected chi connectivity index (χ0v) is 12.5. The molecule has 0 radical (unpaired) electrons. The number of nitrogens with one attached hydrogen (secondary N) is 1. The summed E-state index contributed by atoms with van der Waals surface area (Å²) < 4.78 is 39.9. The normalized spacial score (nSPS) is 14.7. The minimum Gasteiger partial charge on any atom is -0.207 e. The maximum Gasteiger partial charge on any atom is 0.243 e. The van der Waals surface area contributed by atoms with Crippen molar-refractivity contribution in [3.8, 4) is 6.07 Å². The van der Waals surface area contributed by atoms with E-state index in [1.165, 1.54) is 6.92 Å². The van der Waals surface area contributed by atoms with Crippen molar-refractivity contribution in [2.24, 2.45) is 0 Å². The van der Waals surface area contributed by atoms with Gasteiger partial charge in [0, 0.05) is 0 Å². The van der Waals surface area contributed by atoms with Crippen molar-refractivity contribution in [3.63, 3.8) is 0 Å². The van der Waals surface area contributed by atoms with Crippen LogP contribution in [0.15, 0.2) is 17.0 Å². The van der Waals surface area contributed by atoms with Crippen LogP contribution in [0.3, 0.4) is 0 Å². The fourth-order valence-corrected chi connectivity index (χ4v) is 3.38. The lowest BCUT2D eigenvalue weighted by Gasteiger charge is -2.21. The van der Waals surface area contributed by atoms with Crippen LogP contribution in [0.5, 0.6) is 0 Å². The molecule has 0 aromatic heterocycles. The molecule has 8 heteroatoms. The van der Waals surface area contributed by atoms with Crippen molar-refractivity contribution in [1.82, 2.24) is 4.72 Å². The van der Waals surface area contributed by atoms with Crippen LogP contribution in [-0.2, 0) is 10.0 Å². The Morgan fingerprint density at radius 2 is 2.05 bits per heavy atom. The topological polar surface area (TPSA) is 70.0 Å². The zero-order valence-electron chi connectivity index (χ0n) is 10.2. The Labute approximate surface area is 121 Å². The molecule has 104 valence electrons. The number of benzene rings is 1. The fraction of sp³-hybridized carbons (Fsp3) is 0.364. The second kappa shape index (κ2) is 5.63.